The zero-order valence-corrected chi connectivity index (χ0v) is 16.3. The van der Waals surface area contributed by atoms with E-state index < -0.39 is 0 Å². The van der Waals surface area contributed by atoms with Crippen molar-refractivity contribution in [3.8, 4) is 0 Å². The van der Waals surface area contributed by atoms with Crippen LogP contribution in [-0.2, 0) is 13.1 Å². The molecule has 0 aliphatic rings. The molecule has 2 aromatic heterocycles. The van der Waals surface area contributed by atoms with Crippen LogP contribution in [0.1, 0.15) is 100 Å². The van der Waals surface area contributed by atoms with Gasteiger partial charge < -0.3 is 20.3 Å². The second-order valence-corrected chi connectivity index (χ2v) is 7.19. The minimum atomic E-state index is 0.153. The van der Waals surface area contributed by atoms with Crippen molar-refractivity contribution in [3.63, 3.8) is 0 Å². The van der Waals surface area contributed by atoms with Crippen molar-refractivity contribution in [2.45, 2.75) is 90.1 Å². The highest BCUT2D eigenvalue weighted by atomic mass is 16.4. The highest BCUT2D eigenvalue weighted by Gasteiger charge is 2.21. The molecule has 2 rings (SSSR count). The van der Waals surface area contributed by atoms with Crippen LogP contribution in [0.2, 0.25) is 0 Å². The lowest BCUT2D eigenvalue weighted by Crippen LogP contribution is -2.00. The lowest BCUT2D eigenvalue weighted by molar-refractivity contribution is 0.380. The zero-order valence-electron chi connectivity index (χ0n) is 16.3. The number of nitrogens with two attached hydrogens (primary N) is 2. The van der Waals surface area contributed by atoms with Crippen LogP contribution >= 0.6 is 0 Å². The van der Waals surface area contributed by atoms with Gasteiger partial charge in [-0.05, 0) is 30.7 Å². The predicted molar refractivity (Wildman–Crippen MR) is 107 cm³/mol. The molecule has 0 atom stereocenters. The van der Waals surface area contributed by atoms with Gasteiger partial charge in [0.15, 0.2) is 0 Å². The van der Waals surface area contributed by atoms with E-state index in [-0.39, 0.29) is 5.92 Å². The first-order valence-electron chi connectivity index (χ1n) is 10.4. The molecule has 0 bridgehead atoms. The summed E-state index contributed by atoms with van der Waals surface area (Å²) in [4.78, 5) is 0. The molecular weight excluding hydrogens is 324 g/mol. The van der Waals surface area contributed by atoms with Crippen LogP contribution in [-0.4, -0.2) is 0 Å². The minimum absolute atomic E-state index is 0.153. The van der Waals surface area contributed by atoms with Gasteiger partial charge in [-0.3, -0.25) is 0 Å². The topological polar surface area (TPSA) is 78.3 Å². The minimum Gasteiger partial charge on any atom is -0.464 e. The zero-order chi connectivity index (χ0) is 18.6. The van der Waals surface area contributed by atoms with Gasteiger partial charge in [-0.25, -0.2) is 0 Å². The quantitative estimate of drug-likeness (QED) is 0.415. The maximum absolute atomic E-state index is 5.91. The molecule has 0 radical (unpaired) electrons. The number of hydrogen-bond acceptors (Lipinski definition) is 4. The summed E-state index contributed by atoms with van der Waals surface area (Å²) >= 11 is 0. The van der Waals surface area contributed by atoms with Crippen molar-refractivity contribution >= 4 is 0 Å². The fourth-order valence-electron chi connectivity index (χ4n) is 3.47. The largest absolute Gasteiger partial charge is 0.464 e. The molecule has 0 aliphatic heterocycles. The van der Waals surface area contributed by atoms with Crippen LogP contribution in [0.3, 0.4) is 0 Å². The van der Waals surface area contributed by atoms with Gasteiger partial charge in [0.2, 0.25) is 0 Å². The van der Waals surface area contributed by atoms with Crippen LogP contribution in [0, 0.1) is 0 Å². The number of hydrogen-bond donors (Lipinski definition) is 2. The summed E-state index contributed by atoms with van der Waals surface area (Å²) in [6.07, 6.45) is 13.0. The van der Waals surface area contributed by atoms with Crippen LogP contribution in [0.4, 0.5) is 0 Å². The second-order valence-electron chi connectivity index (χ2n) is 7.19. The Labute approximate surface area is 158 Å². The maximum atomic E-state index is 5.91. The van der Waals surface area contributed by atoms with E-state index in [0.717, 1.165) is 29.5 Å². The number of unbranched alkanes of at least 4 members (excludes halogenated alkanes) is 8. The summed E-state index contributed by atoms with van der Waals surface area (Å²) in [5.74, 6) is 3.69. The molecule has 26 heavy (non-hydrogen) atoms. The molecular formula is C22H36N2O2. The maximum Gasteiger partial charge on any atom is 0.117 e. The van der Waals surface area contributed by atoms with Gasteiger partial charge >= 0.3 is 0 Å². The van der Waals surface area contributed by atoms with Crippen LogP contribution < -0.4 is 11.5 Å². The summed E-state index contributed by atoms with van der Waals surface area (Å²) < 4.78 is 11.8. The average Bonchev–Trinajstić information content (AvgIpc) is 3.32. The summed E-state index contributed by atoms with van der Waals surface area (Å²) in [6.45, 7) is 3.12. The van der Waals surface area contributed by atoms with Crippen molar-refractivity contribution < 1.29 is 8.83 Å². The fourth-order valence-corrected chi connectivity index (χ4v) is 3.47. The third kappa shape index (κ3) is 6.65. The first-order valence-corrected chi connectivity index (χ1v) is 10.4. The molecule has 0 unspecified atom stereocenters. The molecule has 0 fully saturated rings. The predicted octanol–water partition coefficient (Wildman–Crippen LogP) is 5.84. The van der Waals surface area contributed by atoms with Gasteiger partial charge in [-0.15, -0.1) is 0 Å². The van der Waals surface area contributed by atoms with Gasteiger partial charge in [0, 0.05) is 0 Å². The molecule has 2 heterocycles. The van der Waals surface area contributed by atoms with Gasteiger partial charge in [0.25, 0.3) is 0 Å². The molecule has 0 spiro atoms. The van der Waals surface area contributed by atoms with E-state index in [1.165, 1.54) is 57.8 Å². The Morgan fingerprint density at radius 1 is 0.692 bits per heavy atom. The summed E-state index contributed by atoms with van der Waals surface area (Å²) in [6, 6.07) is 7.99. The normalized spacial score (nSPS) is 11.5. The Hall–Kier alpha value is -1.52. The van der Waals surface area contributed by atoms with Gasteiger partial charge in [-0.1, -0.05) is 64.7 Å². The summed E-state index contributed by atoms with van der Waals surface area (Å²) in [7, 11) is 0. The fraction of sp³-hybridized carbons (Fsp3) is 0.636. The first kappa shape index (κ1) is 20.8. The molecule has 0 saturated carbocycles. The molecule has 0 aliphatic carbocycles. The van der Waals surface area contributed by atoms with Crippen molar-refractivity contribution in [3.05, 3.63) is 47.3 Å². The summed E-state index contributed by atoms with van der Waals surface area (Å²) in [5.41, 5.74) is 11.4. The monoisotopic (exact) mass is 360 g/mol. The van der Waals surface area contributed by atoms with E-state index in [1.54, 1.807) is 0 Å². The van der Waals surface area contributed by atoms with Crippen molar-refractivity contribution in [2.75, 3.05) is 0 Å². The molecule has 0 saturated heterocycles. The lowest BCUT2D eigenvalue weighted by atomic mass is 9.95. The summed E-state index contributed by atoms with van der Waals surface area (Å²) in [5, 5.41) is 0. The Morgan fingerprint density at radius 3 is 1.58 bits per heavy atom. The molecule has 146 valence electrons. The lowest BCUT2D eigenvalue weighted by Gasteiger charge is -2.12. The van der Waals surface area contributed by atoms with Crippen LogP contribution in [0.15, 0.2) is 33.1 Å². The third-order valence-electron chi connectivity index (χ3n) is 5.05. The van der Waals surface area contributed by atoms with E-state index in [2.05, 4.69) is 6.92 Å². The van der Waals surface area contributed by atoms with E-state index >= 15 is 0 Å². The Balaban J connectivity index is 1.81. The number of furan rings is 2. The van der Waals surface area contributed by atoms with Crippen molar-refractivity contribution in [2.24, 2.45) is 11.5 Å². The van der Waals surface area contributed by atoms with Gasteiger partial charge in [0.05, 0.1) is 19.0 Å². The molecule has 2 aromatic rings. The van der Waals surface area contributed by atoms with Crippen molar-refractivity contribution in [1.29, 1.82) is 0 Å². The Morgan fingerprint density at radius 2 is 1.15 bits per heavy atom. The second kappa shape index (κ2) is 12.0. The highest BCUT2D eigenvalue weighted by Crippen LogP contribution is 2.32. The Bertz CT molecular complexity index is 561. The van der Waals surface area contributed by atoms with E-state index in [4.69, 9.17) is 20.3 Å². The SMILES string of the molecule is CCCCCCCCCCCC(c1ccc(CN)o1)c1ccc(CN)o1. The van der Waals surface area contributed by atoms with Crippen LogP contribution in [0.25, 0.3) is 0 Å². The number of rotatable bonds is 14. The third-order valence-corrected chi connectivity index (χ3v) is 5.05. The van der Waals surface area contributed by atoms with E-state index in [1.807, 2.05) is 24.3 Å². The Kier molecular flexibility index (Phi) is 9.57. The van der Waals surface area contributed by atoms with Crippen LogP contribution in [0.5, 0.6) is 0 Å². The van der Waals surface area contributed by atoms with Gasteiger partial charge in [0.1, 0.15) is 23.0 Å². The average molecular weight is 361 g/mol. The molecule has 4 heteroatoms. The van der Waals surface area contributed by atoms with E-state index in [9.17, 15) is 0 Å². The molecule has 0 amide bonds. The molecule has 4 N–H and O–H groups in total. The standard InChI is InChI=1S/C22H36N2O2/c1-2-3-4-5-6-7-8-9-10-11-20(21-14-12-18(16-23)25-21)22-15-13-19(17-24)26-22/h12-15,20H,2-11,16-17,23-24H2,1H3. The molecule has 4 nitrogen and oxygen atoms in total. The van der Waals surface area contributed by atoms with Gasteiger partial charge in [-0.2, -0.15) is 0 Å². The van der Waals surface area contributed by atoms with Crippen molar-refractivity contribution in [1.82, 2.24) is 0 Å². The molecule has 0 aromatic carbocycles. The first-order chi connectivity index (χ1) is 12.8. The highest BCUT2D eigenvalue weighted by molar-refractivity contribution is 5.22. The van der Waals surface area contributed by atoms with E-state index in [0.29, 0.717) is 13.1 Å². The smallest absolute Gasteiger partial charge is 0.117 e.